The fraction of sp³-hybridized carbons (Fsp3) is 0.471. The highest BCUT2D eigenvalue weighted by Crippen LogP contribution is 2.45. The molecule has 2 N–H and O–H groups in total. The van der Waals surface area contributed by atoms with Crippen molar-refractivity contribution in [3.63, 3.8) is 0 Å². The van der Waals surface area contributed by atoms with E-state index in [0.717, 1.165) is 75.5 Å². The lowest BCUT2D eigenvalue weighted by molar-refractivity contribution is 0.00339. The Kier molecular flexibility index (Phi) is 6.86. The number of hydrogen-bond donors (Lipinski definition) is 2. The average Bonchev–Trinajstić information content (AvgIpc) is 3.66. The SMILES string of the molecule is COC12CCNCC(C1)N(c1nc(OCC34CCCN3CCC4)nc3c(F)c(-c4cc(O)cc5ccccc45)c(Cl)cc13)C2. The zero-order chi connectivity index (χ0) is 30.1. The molecule has 230 valence electrons. The van der Waals surface area contributed by atoms with E-state index in [4.69, 9.17) is 31.0 Å². The first-order valence-corrected chi connectivity index (χ1v) is 16.1. The van der Waals surface area contributed by atoms with Crippen molar-refractivity contribution >= 4 is 39.1 Å². The molecule has 4 saturated heterocycles. The molecule has 4 aliphatic heterocycles. The van der Waals surface area contributed by atoms with Crippen molar-refractivity contribution in [3.8, 4) is 22.9 Å². The van der Waals surface area contributed by atoms with Crippen LogP contribution in [0.5, 0.6) is 11.8 Å². The summed E-state index contributed by atoms with van der Waals surface area (Å²) in [4.78, 5) is 14.5. The first kappa shape index (κ1) is 28.2. The largest absolute Gasteiger partial charge is 0.508 e. The number of rotatable bonds is 6. The predicted octanol–water partition coefficient (Wildman–Crippen LogP) is 5.91. The van der Waals surface area contributed by atoms with Gasteiger partial charge in [-0.2, -0.15) is 9.97 Å². The van der Waals surface area contributed by atoms with E-state index >= 15 is 4.39 Å². The first-order valence-electron chi connectivity index (χ1n) is 15.7. The molecular weight excluding hydrogens is 581 g/mol. The molecular formula is C34H37ClFN5O3. The second kappa shape index (κ2) is 10.7. The van der Waals surface area contributed by atoms with Crippen LogP contribution in [0.4, 0.5) is 10.2 Å². The maximum Gasteiger partial charge on any atom is 0.319 e. The van der Waals surface area contributed by atoms with Crippen LogP contribution >= 0.6 is 11.6 Å². The van der Waals surface area contributed by atoms with Gasteiger partial charge in [0.05, 0.1) is 16.2 Å². The van der Waals surface area contributed by atoms with E-state index in [1.807, 2.05) is 24.3 Å². The summed E-state index contributed by atoms with van der Waals surface area (Å²) in [5.41, 5.74) is 0.542. The second-order valence-corrected chi connectivity index (χ2v) is 13.4. The summed E-state index contributed by atoms with van der Waals surface area (Å²) in [5, 5.41) is 16.4. The van der Waals surface area contributed by atoms with Crippen LogP contribution in [0.3, 0.4) is 0 Å². The van der Waals surface area contributed by atoms with Crippen molar-refractivity contribution in [2.75, 3.05) is 51.3 Å². The van der Waals surface area contributed by atoms with Crippen molar-refractivity contribution in [2.24, 2.45) is 0 Å². The van der Waals surface area contributed by atoms with Gasteiger partial charge in [0.1, 0.15) is 23.7 Å². The van der Waals surface area contributed by atoms with Gasteiger partial charge in [0.25, 0.3) is 0 Å². The Morgan fingerprint density at radius 2 is 1.91 bits per heavy atom. The Balaban J connectivity index is 1.29. The molecule has 4 aliphatic rings. The van der Waals surface area contributed by atoms with Crippen LogP contribution in [0.15, 0.2) is 42.5 Å². The number of aromatic nitrogens is 2. The Bertz CT molecular complexity index is 1760. The Morgan fingerprint density at radius 1 is 1.09 bits per heavy atom. The molecule has 4 fully saturated rings. The van der Waals surface area contributed by atoms with E-state index in [1.54, 1.807) is 25.3 Å². The predicted molar refractivity (Wildman–Crippen MR) is 170 cm³/mol. The maximum atomic E-state index is 17.0. The minimum absolute atomic E-state index is 0.00516. The Morgan fingerprint density at radius 3 is 2.73 bits per heavy atom. The van der Waals surface area contributed by atoms with E-state index in [0.29, 0.717) is 29.9 Å². The lowest BCUT2D eigenvalue weighted by Gasteiger charge is -2.32. The van der Waals surface area contributed by atoms with Crippen LogP contribution < -0.4 is 15.0 Å². The molecule has 0 saturated carbocycles. The summed E-state index contributed by atoms with van der Waals surface area (Å²) in [6, 6.07) is 12.9. The van der Waals surface area contributed by atoms with Crippen LogP contribution in [-0.4, -0.2) is 83.6 Å². The van der Waals surface area contributed by atoms with Gasteiger partial charge in [-0.05, 0) is 92.7 Å². The third-order valence-electron chi connectivity index (χ3n) is 10.6. The topological polar surface area (TPSA) is 83.0 Å². The standard InChI is InChI=1S/C34H37ClFN5O3/c1-43-34-10-11-37-18-22(17-34)41(19-34)31-26-16-27(35)28(25-15-23(42)14-21-6-2-3-7-24(21)25)29(36)30(26)38-32(39-31)44-20-33-8-4-12-40(33)13-5-9-33/h2-3,6-7,14-16,22,37,42H,4-5,8-13,17-20H2,1H3. The fourth-order valence-electron chi connectivity index (χ4n) is 8.34. The minimum Gasteiger partial charge on any atom is -0.508 e. The molecule has 8 nitrogen and oxygen atoms in total. The lowest BCUT2D eigenvalue weighted by Crippen LogP contribution is -2.44. The molecule has 2 unspecified atom stereocenters. The summed E-state index contributed by atoms with van der Waals surface area (Å²) in [6.07, 6.45) is 6.21. The van der Waals surface area contributed by atoms with Crippen molar-refractivity contribution in [3.05, 3.63) is 53.3 Å². The van der Waals surface area contributed by atoms with Gasteiger partial charge in [0, 0.05) is 37.2 Å². The molecule has 2 bridgehead atoms. The highest BCUT2D eigenvalue weighted by molar-refractivity contribution is 6.35. The van der Waals surface area contributed by atoms with Gasteiger partial charge < -0.3 is 24.8 Å². The summed E-state index contributed by atoms with van der Waals surface area (Å²) in [5.74, 6) is 0.0894. The number of methoxy groups -OCH3 is 1. The van der Waals surface area contributed by atoms with Gasteiger partial charge >= 0.3 is 6.01 Å². The van der Waals surface area contributed by atoms with Crippen LogP contribution in [0, 0.1) is 5.82 Å². The summed E-state index contributed by atoms with van der Waals surface area (Å²) in [6.45, 7) is 4.94. The number of nitrogens with one attached hydrogen (secondary N) is 1. The smallest absolute Gasteiger partial charge is 0.319 e. The van der Waals surface area contributed by atoms with E-state index in [1.165, 1.54) is 0 Å². The molecule has 4 aromatic rings. The van der Waals surface area contributed by atoms with E-state index in [9.17, 15) is 5.11 Å². The van der Waals surface area contributed by atoms with Gasteiger partial charge in [0.15, 0.2) is 5.82 Å². The lowest BCUT2D eigenvalue weighted by atomic mass is 9.95. The zero-order valence-electron chi connectivity index (χ0n) is 24.9. The van der Waals surface area contributed by atoms with Crippen LogP contribution in [0.2, 0.25) is 5.02 Å². The average molecular weight is 618 g/mol. The zero-order valence-corrected chi connectivity index (χ0v) is 25.7. The molecule has 0 amide bonds. The van der Waals surface area contributed by atoms with E-state index in [-0.39, 0.29) is 45.0 Å². The molecule has 8 rings (SSSR count). The number of fused-ring (bicyclic) bond motifs is 5. The van der Waals surface area contributed by atoms with Gasteiger partial charge in [-0.3, -0.25) is 4.90 Å². The number of halogens is 2. The van der Waals surface area contributed by atoms with Gasteiger partial charge in [-0.25, -0.2) is 4.39 Å². The summed E-state index contributed by atoms with van der Waals surface area (Å²) < 4.78 is 29.5. The Hall–Kier alpha value is -3.24. The normalized spacial score (nSPS) is 24.7. The van der Waals surface area contributed by atoms with E-state index < -0.39 is 5.82 Å². The van der Waals surface area contributed by atoms with Crippen LogP contribution in [0.25, 0.3) is 32.8 Å². The second-order valence-electron chi connectivity index (χ2n) is 13.0. The molecule has 0 aliphatic carbocycles. The third-order valence-corrected chi connectivity index (χ3v) is 10.9. The minimum atomic E-state index is -0.558. The number of nitrogens with zero attached hydrogens (tertiary/aromatic N) is 4. The Labute approximate surface area is 261 Å². The molecule has 1 aromatic heterocycles. The van der Waals surface area contributed by atoms with Crippen molar-refractivity contribution in [1.29, 1.82) is 0 Å². The number of aromatic hydroxyl groups is 1. The van der Waals surface area contributed by atoms with Crippen molar-refractivity contribution in [2.45, 2.75) is 55.7 Å². The third kappa shape index (κ3) is 4.50. The van der Waals surface area contributed by atoms with Gasteiger partial charge in [0.2, 0.25) is 0 Å². The van der Waals surface area contributed by atoms with Gasteiger partial charge in [-0.1, -0.05) is 35.9 Å². The molecule has 0 radical (unpaired) electrons. The molecule has 3 aromatic carbocycles. The highest BCUT2D eigenvalue weighted by atomic mass is 35.5. The summed E-state index contributed by atoms with van der Waals surface area (Å²) >= 11 is 6.94. The van der Waals surface area contributed by atoms with Crippen LogP contribution in [0.1, 0.15) is 38.5 Å². The number of hydrogen-bond acceptors (Lipinski definition) is 8. The summed E-state index contributed by atoms with van der Waals surface area (Å²) in [7, 11) is 1.77. The van der Waals surface area contributed by atoms with Crippen molar-refractivity contribution < 1.29 is 19.0 Å². The molecule has 2 atom stereocenters. The maximum absolute atomic E-state index is 17.0. The molecule has 5 heterocycles. The number of ether oxygens (including phenoxy) is 2. The number of benzene rings is 3. The molecule has 0 spiro atoms. The quantitative estimate of drug-likeness (QED) is 0.276. The first-order chi connectivity index (χ1) is 21.4. The highest BCUT2D eigenvalue weighted by Gasteiger charge is 2.47. The number of anilines is 1. The van der Waals surface area contributed by atoms with E-state index in [2.05, 4.69) is 15.1 Å². The van der Waals surface area contributed by atoms with Crippen molar-refractivity contribution in [1.82, 2.24) is 20.2 Å². The number of phenols is 1. The number of phenolic OH excluding ortho intramolecular Hbond substituents is 1. The monoisotopic (exact) mass is 617 g/mol. The molecule has 44 heavy (non-hydrogen) atoms. The fourth-order valence-corrected chi connectivity index (χ4v) is 8.64. The van der Waals surface area contributed by atoms with Gasteiger partial charge in [-0.15, -0.1) is 0 Å². The molecule has 10 heteroatoms. The van der Waals surface area contributed by atoms with Crippen LogP contribution in [-0.2, 0) is 4.74 Å².